The molecule has 18 heavy (non-hydrogen) atoms. The van der Waals surface area contributed by atoms with Crippen LogP contribution in [0.5, 0.6) is 0 Å². The topological polar surface area (TPSA) is 68.5 Å². The van der Waals surface area contributed by atoms with E-state index in [0.29, 0.717) is 29.7 Å². The van der Waals surface area contributed by atoms with Crippen LogP contribution in [0.15, 0.2) is 24.5 Å². The quantitative estimate of drug-likeness (QED) is 0.769. The Labute approximate surface area is 104 Å². The van der Waals surface area contributed by atoms with Crippen molar-refractivity contribution < 1.29 is 13.2 Å². The molecule has 3 rings (SSSR count). The molecule has 6 heteroatoms. The third-order valence-corrected chi connectivity index (χ3v) is 5.49. The van der Waals surface area contributed by atoms with Gasteiger partial charge in [0.2, 0.25) is 0 Å². The highest BCUT2D eigenvalue weighted by Gasteiger charge is 2.34. The zero-order valence-corrected chi connectivity index (χ0v) is 10.4. The minimum Gasteiger partial charge on any atom is -0.306 e. The van der Waals surface area contributed by atoms with Crippen LogP contribution < -0.4 is 0 Å². The molecule has 1 unspecified atom stereocenters. The van der Waals surface area contributed by atoms with Gasteiger partial charge in [-0.3, -0.25) is 4.79 Å². The number of aromatic nitrogens is 2. The number of aldehydes is 1. The van der Waals surface area contributed by atoms with Gasteiger partial charge in [0.05, 0.1) is 11.4 Å². The van der Waals surface area contributed by atoms with E-state index in [4.69, 9.17) is 0 Å². The summed E-state index contributed by atoms with van der Waals surface area (Å²) in [7, 11) is -3.05. The van der Waals surface area contributed by atoms with Gasteiger partial charge in [-0.1, -0.05) is 0 Å². The molecule has 0 spiro atoms. The van der Waals surface area contributed by atoms with Gasteiger partial charge in [0, 0.05) is 18.0 Å². The largest absolute Gasteiger partial charge is 0.306 e. The van der Waals surface area contributed by atoms with Crippen LogP contribution >= 0.6 is 0 Å². The normalized spacial score (nSPS) is 22.3. The molecule has 0 bridgehead atoms. The first kappa shape index (κ1) is 11.4. The first-order valence-electron chi connectivity index (χ1n) is 5.75. The number of carbonyl (C=O) groups is 1. The Morgan fingerprint density at radius 3 is 2.83 bits per heavy atom. The number of imidazole rings is 1. The molecule has 1 aliphatic heterocycles. The molecule has 0 saturated carbocycles. The minimum absolute atomic E-state index is 0.241. The molecule has 1 saturated heterocycles. The van der Waals surface area contributed by atoms with E-state index >= 15 is 0 Å². The average molecular weight is 264 g/mol. The lowest BCUT2D eigenvalue weighted by atomic mass is 10.2. The third-order valence-electron chi connectivity index (χ3n) is 3.29. The maximum Gasteiger partial charge on any atom is 0.158 e. The molecule has 2 aromatic heterocycles. The average Bonchev–Trinajstić information content (AvgIpc) is 2.90. The van der Waals surface area contributed by atoms with E-state index in [0.717, 1.165) is 6.29 Å². The predicted molar refractivity (Wildman–Crippen MR) is 66.3 cm³/mol. The van der Waals surface area contributed by atoms with Crippen molar-refractivity contribution in [3.8, 4) is 0 Å². The van der Waals surface area contributed by atoms with E-state index < -0.39 is 15.1 Å². The summed E-state index contributed by atoms with van der Waals surface area (Å²) in [5, 5.41) is -0.489. The number of hydrogen-bond acceptors (Lipinski definition) is 4. The predicted octanol–water partition coefficient (Wildman–Crippen LogP) is 1.40. The summed E-state index contributed by atoms with van der Waals surface area (Å²) in [5.41, 5.74) is 1.79. The lowest BCUT2D eigenvalue weighted by molar-refractivity contribution is 0.112. The molecule has 94 valence electrons. The third kappa shape index (κ3) is 1.73. The van der Waals surface area contributed by atoms with Gasteiger partial charge in [-0.2, -0.15) is 0 Å². The van der Waals surface area contributed by atoms with Gasteiger partial charge >= 0.3 is 0 Å². The highest BCUT2D eigenvalue weighted by molar-refractivity contribution is 7.91. The molecule has 5 nitrogen and oxygen atoms in total. The number of pyridine rings is 1. The van der Waals surface area contributed by atoms with Crippen molar-refractivity contribution in [1.82, 2.24) is 9.38 Å². The zero-order chi connectivity index (χ0) is 12.8. The second-order valence-corrected chi connectivity index (χ2v) is 6.81. The number of nitrogens with zero attached hydrogens (tertiary/aromatic N) is 2. The molecule has 0 aliphatic carbocycles. The number of fused-ring (bicyclic) bond motifs is 1. The van der Waals surface area contributed by atoms with E-state index in [2.05, 4.69) is 4.98 Å². The fraction of sp³-hybridized carbons (Fsp3) is 0.333. The standard InChI is InChI=1S/C12H12N2O3S/c15-8-9-3-4-12-13-10(7-14(12)6-9)11-2-1-5-18(11,16)17/h3-4,6-8,11H,1-2,5H2. The lowest BCUT2D eigenvalue weighted by Gasteiger charge is -2.03. The minimum atomic E-state index is -3.05. The van der Waals surface area contributed by atoms with Crippen molar-refractivity contribution in [2.24, 2.45) is 0 Å². The van der Waals surface area contributed by atoms with Crippen LogP contribution in [0.3, 0.4) is 0 Å². The van der Waals surface area contributed by atoms with Gasteiger partial charge < -0.3 is 4.40 Å². The van der Waals surface area contributed by atoms with E-state index in [-0.39, 0.29) is 5.75 Å². The Morgan fingerprint density at radius 1 is 1.33 bits per heavy atom. The van der Waals surface area contributed by atoms with E-state index in [1.165, 1.54) is 0 Å². The van der Waals surface area contributed by atoms with Gasteiger partial charge in [-0.15, -0.1) is 0 Å². The fourth-order valence-electron chi connectivity index (χ4n) is 2.38. The van der Waals surface area contributed by atoms with Crippen LogP contribution in [0.1, 0.15) is 34.1 Å². The second kappa shape index (κ2) is 3.91. The maximum atomic E-state index is 11.9. The van der Waals surface area contributed by atoms with Crippen molar-refractivity contribution in [1.29, 1.82) is 0 Å². The number of carbonyl (C=O) groups excluding carboxylic acids is 1. The van der Waals surface area contributed by atoms with Crippen LogP contribution in [-0.2, 0) is 9.84 Å². The highest BCUT2D eigenvalue weighted by Crippen LogP contribution is 2.33. The number of rotatable bonds is 2. The molecule has 1 fully saturated rings. The first-order valence-corrected chi connectivity index (χ1v) is 7.47. The Hall–Kier alpha value is -1.69. The van der Waals surface area contributed by atoms with Crippen molar-refractivity contribution >= 4 is 21.8 Å². The Kier molecular flexibility index (Phi) is 2.48. The molecular weight excluding hydrogens is 252 g/mol. The summed E-state index contributed by atoms with van der Waals surface area (Å²) in [6, 6.07) is 3.39. The van der Waals surface area contributed by atoms with Crippen LogP contribution in [0.4, 0.5) is 0 Å². The molecule has 1 atom stereocenters. The molecule has 1 aliphatic rings. The smallest absolute Gasteiger partial charge is 0.158 e. The van der Waals surface area contributed by atoms with Gasteiger partial charge in [-0.25, -0.2) is 13.4 Å². The number of sulfone groups is 1. The molecule has 2 aromatic rings. The molecule has 3 heterocycles. The number of hydrogen-bond donors (Lipinski definition) is 0. The van der Waals surface area contributed by atoms with Crippen LogP contribution in [-0.4, -0.2) is 29.8 Å². The van der Waals surface area contributed by atoms with Crippen LogP contribution in [0.25, 0.3) is 5.65 Å². The SMILES string of the molecule is O=Cc1ccc2nc(C3CCCS3(=O)=O)cn2c1. The monoisotopic (exact) mass is 264 g/mol. The summed E-state index contributed by atoms with van der Waals surface area (Å²) in [5.74, 6) is 0.241. The van der Waals surface area contributed by atoms with Crippen molar-refractivity contribution in [2.75, 3.05) is 5.75 Å². The summed E-state index contributed by atoms with van der Waals surface area (Å²) in [4.78, 5) is 15.0. The summed E-state index contributed by atoms with van der Waals surface area (Å²) in [6.45, 7) is 0. The molecule has 0 radical (unpaired) electrons. The van der Waals surface area contributed by atoms with Crippen molar-refractivity contribution in [2.45, 2.75) is 18.1 Å². The van der Waals surface area contributed by atoms with Crippen molar-refractivity contribution in [3.05, 3.63) is 35.8 Å². The van der Waals surface area contributed by atoms with Crippen LogP contribution in [0, 0.1) is 0 Å². The molecule has 0 amide bonds. The summed E-state index contributed by atoms with van der Waals surface area (Å²) >= 11 is 0. The van der Waals surface area contributed by atoms with E-state index in [1.54, 1.807) is 28.9 Å². The Morgan fingerprint density at radius 2 is 2.17 bits per heavy atom. The zero-order valence-electron chi connectivity index (χ0n) is 9.61. The molecule has 0 N–H and O–H groups in total. The highest BCUT2D eigenvalue weighted by atomic mass is 32.2. The Bertz CT molecular complexity index is 718. The van der Waals surface area contributed by atoms with Gasteiger partial charge in [0.15, 0.2) is 16.1 Å². The first-order chi connectivity index (χ1) is 8.60. The maximum absolute atomic E-state index is 11.9. The molecule has 0 aromatic carbocycles. The van der Waals surface area contributed by atoms with E-state index in [1.807, 2.05) is 0 Å². The van der Waals surface area contributed by atoms with E-state index in [9.17, 15) is 13.2 Å². The second-order valence-electron chi connectivity index (χ2n) is 4.51. The summed E-state index contributed by atoms with van der Waals surface area (Å²) in [6.07, 6.45) is 5.44. The summed E-state index contributed by atoms with van der Waals surface area (Å²) < 4.78 is 25.4. The lowest BCUT2D eigenvalue weighted by Crippen LogP contribution is -2.08. The fourth-order valence-corrected chi connectivity index (χ4v) is 4.24. The Balaban J connectivity index is 2.11. The van der Waals surface area contributed by atoms with Crippen LogP contribution in [0.2, 0.25) is 0 Å². The van der Waals surface area contributed by atoms with Gasteiger partial charge in [0.25, 0.3) is 0 Å². The van der Waals surface area contributed by atoms with Gasteiger partial charge in [-0.05, 0) is 25.0 Å². The van der Waals surface area contributed by atoms with Gasteiger partial charge in [0.1, 0.15) is 10.9 Å². The molecular formula is C12H12N2O3S. The van der Waals surface area contributed by atoms with Crippen molar-refractivity contribution in [3.63, 3.8) is 0 Å².